The standard InChI is InChI=1S/C15H24N2/c1-12-8-15(10-16)9-13(2)17(12)11-14-6-4-3-5-7-14/h3-7,12-13,15H,8-11,16H2,1-2H3/t12-,13+,15?. The Morgan fingerprint density at radius 3 is 2.24 bits per heavy atom. The van der Waals surface area contributed by atoms with Crippen LogP contribution in [-0.4, -0.2) is 23.5 Å². The maximum atomic E-state index is 5.81. The highest BCUT2D eigenvalue weighted by molar-refractivity contribution is 5.15. The van der Waals surface area contributed by atoms with Gasteiger partial charge in [0.15, 0.2) is 0 Å². The summed E-state index contributed by atoms with van der Waals surface area (Å²) in [6.45, 7) is 6.58. The smallest absolute Gasteiger partial charge is 0.0239 e. The van der Waals surface area contributed by atoms with Crippen molar-refractivity contribution in [1.82, 2.24) is 4.90 Å². The molecule has 1 aliphatic heterocycles. The Bertz CT molecular complexity index is 324. The monoisotopic (exact) mass is 232 g/mol. The first-order chi connectivity index (χ1) is 8.20. The van der Waals surface area contributed by atoms with Gasteiger partial charge in [0.25, 0.3) is 0 Å². The van der Waals surface area contributed by atoms with Crippen LogP contribution in [0.1, 0.15) is 32.3 Å². The molecule has 1 aromatic rings. The van der Waals surface area contributed by atoms with E-state index >= 15 is 0 Å². The Balaban J connectivity index is 2.01. The molecule has 1 heterocycles. The Labute approximate surface area is 105 Å². The van der Waals surface area contributed by atoms with Crippen LogP contribution in [0.25, 0.3) is 0 Å². The van der Waals surface area contributed by atoms with Crippen molar-refractivity contribution in [1.29, 1.82) is 0 Å². The molecular formula is C15H24N2. The summed E-state index contributed by atoms with van der Waals surface area (Å²) in [5, 5.41) is 0. The number of piperidine rings is 1. The van der Waals surface area contributed by atoms with Gasteiger partial charge in [-0.25, -0.2) is 0 Å². The predicted octanol–water partition coefficient (Wildman–Crippen LogP) is 2.63. The van der Waals surface area contributed by atoms with Crippen LogP contribution in [0.4, 0.5) is 0 Å². The Kier molecular flexibility index (Phi) is 4.19. The number of benzene rings is 1. The van der Waals surface area contributed by atoms with E-state index in [2.05, 4.69) is 49.1 Å². The van der Waals surface area contributed by atoms with Crippen molar-refractivity contribution < 1.29 is 0 Å². The van der Waals surface area contributed by atoms with Gasteiger partial charge in [0.2, 0.25) is 0 Å². The van der Waals surface area contributed by atoms with E-state index in [1.165, 1.54) is 18.4 Å². The van der Waals surface area contributed by atoms with E-state index in [-0.39, 0.29) is 0 Å². The second-order valence-electron chi connectivity index (χ2n) is 5.43. The molecule has 1 unspecified atom stereocenters. The number of nitrogens with zero attached hydrogens (tertiary/aromatic N) is 1. The minimum Gasteiger partial charge on any atom is -0.330 e. The van der Waals surface area contributed by atoms with Gasteiger partial charge in [-0.05, 0) is 44.7 Å². The minimum absolute atomic E-state index is 0.646. The number of hydrogen-bond donors (Lipinski definition) is 1. The van der Waals surface area contributed by atoms with Gasteiger partial charge in [-0.3, -0.25) is 4.90 Å². The van der Waals surface area contributed by atoms with Crippen molar-refractivity contribution in [2.75, 3.05) is 6.54 Å². The van der Waals surface area contributed by atoms with Gasteiger partial charge in [-0.15, -0.1) is 0 Å². The average molecular weight is 232 g/mol. The van der Waals surface area contributed by atoms with Crippen LogP contribution in [-0.2, 0) is 6.54 Å². The highest BCUT2D eigenvalue weighted by atomic mass is 15.2. The zero-order valence-electron chi connectivity index (χ0n) is 11.0. The lowest BCUT2D eigenvalue weighted by molar-refractivity contribution is 0.0652. The van der Waals surface area contributed by atoms with Crippen molar-refractivity contribution >= 4 is 0 Å². The molecule has 0 saturated carbocycles. The molecule has 2 heteroatoms. The molecule has 0 bridgehead atoms. The molecule has 2 nitrogen and oxygen atoms in total. The highest BCUT2D eigenvalue weighted by Gasteiger charge is 2.29. The number of hydrogen-bond acceptors (Lipinski definition) is 2. The molecule has 0 spiro atoms. The fourth-order valence-electron chi connectivity index (χ4n) is 3.06. The molecule has 2 N–H and O–H groups in total. The summed E-state index contributed by atoms with van der Waals surface area (Å²) in [5.41, 5.74) is 7.22. The fourth-order valence-corrected chi connectivity index (χ4v) is 3.06. The Morgan fingerprint density at radius 1 is 1.12 bits per heavy atom. The summed E-state index contributed by atoms with van der Waals surface area (Å²) in [4.78, 5) is 2.61. The molecule has 0 aromatic heterocycles. The lowest BCUT2D eigenvalue weighted by atomic mass is 9.87. The first-order valence-corrected chi connectivity index (χ1v) is 6.70. The van der Waals surface area contributed by atoms with Crippen molar-refractivity contribution in [3.05, 3.63) is 35.9 Å². The molecule has 0 aliphatic carbocycles. The van der Waals surface area contributed by atoms with Crippen LogP contribution >= 0.6 is 0 Å². The van der Waals surface area contributed by atoms with E-state index in [4.69, 9.17) is 5.73 Å². The lowest BCUT2D eigenvalue weighted by Crippen LogP contribution is -2.47. The molecular weight excluding hydrogens is 208 g/mol. The van der Waals surface area contributed by atoms with Gasteiger partial charge < -0.3 is 5.73 Å². The van der Waals surface area contributed by atoms with Crippen LogP contribution in [0, 0.1) is 5.92 Å². The number of likely N-dealkylation sites (tertiary alicyclic amines) is 1. The number of rotatable bonds is 3. The molecule has 1 aliphatic rings. The summed E-state index contributed by atoms with van der Waals surface area (Å²) >= 11 is 0. The molecule has 3 atom stereocenters. The van der Waals surface area contributed by atoms with Crippen molar-refractivity contribution in [3.8, 4) is 0 Å². The van der Waals surface area contributed by atoms with Crippen LogP contribution in [0.2, 0.25) is 0 Å². The van der Waals surface area contributed by atoms with Gasteiger partial charge in [-0.2, -0.15) is 0 Å². The van der Waals surface area contributed by atoms with Crippen molar-refractivity contribution in [2.24, 2.45) is 11.7 Å². The maximum Gasteiger partial charge on any atom is 0.0239 e. The first-order valence-electron chi connectivity index (χ1n) is 6.70. The van der Waals surface area contributed by atoms with Crippen LogP contribution in [0.15, 0.2) is 30.3 Å². The number of nitrogens with two attached hydrogens (primary N) is 1. The van der Waals surface area contributed by atoms with Crippen LogP contribution in [0.5, 0.6) is 0 Å². The Morgan fingerprint density at radius 2 is 1.71 bits per heavy atom. The van der Waals surface area contributed by atoms with Gasteiger partial charge in [0.1, 0.15) is 0 Å². The second kappa shape index (κ2) is 5.65. The summed E-state index contributed by atoms with van der Waals surface area (Å²) in [5.74, 6) is 0.715. The quantitative estimate of drug-likeness (QED) is 0.868. The summed E-state index contributed by atoms with van der Waals surface area (Å²) < 4.78 is 0. The Hall–Kier alpha value is -0.860. The van der Waals surface area contributed by atoms with Crippen molar-refractivity contribution in [2.45, 2.75) is 45.3 Å². The molecule has 1 aromatic carbocycles. The van der Waals surface area contributed by atoms with E-state index in [0.29, 0.717) is 18.0 Å². The van der Waals surface area contributed by atoms with Gasteiger partial charge in [-0.1, -0.05) is 30.3 Å². The lowest BCUT2D eigenvalue weighted by Gasteiger charge is -2.42. The molecule has 2 rings (SSSR count). The third kappa shape index (κ3) is 3.08. The van der Waals surface area contributed by atoms with Crippen LogP contribution < -0.4 is 5.73 Å². The minimum atomic E-state index is 0.646. The first kappa shape index (κ1) is 12.6. The second-order valence-corrected chi connectivity index (χ2v) is 5.43. The van der Waals surface area contributed by atoms with E-state index < -0.39 is 0 Å². The zero-order chi connectivity index (χ0) is 12.3. The van der Waals surface area contributed by atoms with Gasteiger partial charge in [0.05, 0.1) is 0 Å². The topological polar surface area (TPSA) is 29.3 Å². The molecule has 0 amide bonds. The average Bonchev–Trinajstić information content (AvgIpc) is 2.35. The highest BCUT2D eigenvalue weighted by Crippen LogP contribution is 2.28. The van der Waals surface area contributed by atoms with Gasteiger partial charge in [0, 0.05) is 18.6 Å². The molecule has 1 saturated heterocycles. The molecule has 0 radical (unpaired) electrons. The normalized spacial score (nSPS) is 30.4. The van der Waals surface area contributed by atoms with E-state index in [0.717, 1.165) is 13.1 Å². The molecule has 94 valence electrons. The molecule has 1 fully saturated rings. The fraction of sp³-hybridized carbons (Fsp3) is 0.600. The summed E-state index contributed by atoms with van der Waals surface area (Å²) in [6, 6.07) is 12.1. The van der Waals surface area contributed by atoms with E-state index in [9.17, 15) is 0 Å². The predicted molar refractivity (Wildman–Crippen MR) is 72.7 cm³/mol. The SMILES string of the molecule is C[C@@H]1CC(CN)C[C@H](C)N1Cc1ccccc1. The summed E-state index contributed by atoms with van der Waals surface area (Å²) in [6.07, 6.45) is 2.49. The third-order valence-corrected chi connectivity index (χ3v) is 4.02. The van der Waals surface area contributed by atoms with Crippen molar-refractivity contribution in [3.63, 3.8) is 0 Å². The van der Waals surface area contributed by atoms with E-state index in [1.54, 1.807) is 0 Å². The van der Waals surface area contributed by atoms with E-state index in [1.807, 2.05) is 0 Å². The van der Waals surface area contributed by atoms with Crippen LogP contribution in [0.3, 0.4) is 0 Å². The molecule has 17 heavy (non-hydrogen) atoms. The maximum absolute atomic E-state index is 5.81. The third-order valence-electron chi connectivity index (χ3n) is 4.02. The van der Waals surface area contributed by atoms with Gasteiger partial charge >= 0.3 is 0 Å². The zero-order valence-corrected chi connectivity index (χ0v) is 11.0. The summed E-state index contributed by atoms with van der Waals surface area (Å²) in [7, 11) is 0. The largest absolute Gasteiger partial charge is 0.330 e.